The number of hydrogen-bond acceptors (Lipinski definition) is 4. The molecule has 5 nitrogen and oxygen atoms in total. The zero-order chi connectivity index (χ0) is 20.1. The largest absolute Gasteiger partial charge is 0.444 e. The minimum absolute atomic E-state index is 0.249. The second-order valence-electron chi connectivity index (χ2n) is 7.43. The Balaban J connectivity index is 2.99. The van der Waals surface area contributed by atoms with Crippen LogP contribution in [0, 0.1) is 0 Å². The SMILES string of the molecule is C=C/C(=C(\N=C(C)C)NC1CCCN(C(=O)OC(C)(C)C)C1)C(F)(F)F. The van der Waals surface area contributed by atoms with Gasteiger partial charge in [-0.05, 0) is 47.5 Å². The van der Waals surface area contributed by atoms with E-state index in [1.54, 1.807) is 34.6 Å². The normalized spacial score (nSPS) is 19.4. The fourth-order valence-electron chi connectivity index (χ4n) is 2.52. The Morgan fingerprint density at radius 3 is 2.38 bits per heavy atom. The maximum absolute atomic E-state index is 13.2. The van der Waals surface area contributed by atoms with E-state index in [9.17, 15) is 18.0 Å². The highest BCUT2D eigenvalue weighted by atomic mass is 19.4. The number of halogens is 3. The Morgan fingerprint density at radius 1 is 1.31 bits per heavy atom. The summed E-state index contributed by atoms with van der Waals surface area (Å²) in [5, 5.41) is 2.84. The molecule has 1 amide bonds. The third-order valence-corrected chi connectivity index (χ3v) is 3.51. The van der Waals surface area contributed by atoms with Crippen molar-refractivity contribution < 1.29 is 22.7 Å². The van der Waals surface area contributed by atoms with E-state index >= 15 is 0 Å². The van der Waals surface area contributed by atoms with Crippen LogP contribution in [0.5, 0.6) is 0 Å². The first kappa shape index (κ1) is 22.1. The minimum atomic E-state index is -4.57. The van der Waals surface area contributed by atoms with Gasteiger partial charge in [0, 0.05) is 24.8 Å². The molecular formula is C18H28F3N3O2. The van der Waals surface area contributed by atoms with Gasteiger partial charge in [-0.15, -0.1) is 0 Å². The van der Waals surface area contributed by atoms with Crippen molar-refractivity contribution in [1.82, 2.24) is 10.2 Å². The van der Waals surface area contributed by atoms with Crippen molar-refractivity contribution in [2.45, 2.75) is 65.3 Å². The number of rotatable bonds is 4. The number of likely N-dealkylation sites (tertiary alicyclic amines) is 1. The highest BCUT2D eigenvalue weighted by Gasteiger charge is 2.36. The smallest absolute Gasteiger partial charge is 0.419 e. The average Bonchev–Trinajstić information content (AvgIpc) is 2.44. The Bertz CT molecular complexity index is 585. The number of amides is 1. The van der Waals surface area contributed by atoms with Crippen LogP contribution < -0.4 is 5.32 Å². The lowest BCUT2D eigenvalue weighted by Crippen LogP contribution is -2.49. The Kier molecular flexibility index (Phi) is 7.29. The van der Waals surface area contributed by atoms with E-state index in [-0.39, 0.29) is 18.4 Å². The second kappa shape index (κ2) is 8.60. The molecule has 0 spiro atoms. The summed E-state index contributed by atoms with van der Waals surface area (Å²) < 4.78 is 45.1. The third kappa shape index (κ3) is 7.09. The van der Waals surface area contributed by atoms with E-state index in [1.807, 2.05) is 0 Å². The molecule has 1 rings (SSSR count). The summed E-state index contributed by atoms with van der Waals surface area (Å²) in [5.74, 6) is -0.275. The molecule has 1 aliphatic heterocycles. The molecule has 26 heavy (non-hydrogen) atoms. The highest BCUT2D eigenvalue weighted by molar-refractivity contribution is 5.80. The lowest BCUT2D eigenvalue weighted by Gasteiger charge is -2.35. The molecule has 1 aliphatic rings. The van der Waals surface area contributed by atoms with Gasteiger partial charge in [0.15, 0.2) is 0 Å². The van der Waals surface area contributed by atoms with E-state index in [2.05, 4.69) is 16.9 Å². The van der Waals surface area contributed by atoms with E-state index in [4.69, 9.17) is 4.74 Å². The van der Waals surface area contributed by atoms with Crippen LogP contribution in [-0.4, -0.2) is 47.6 Å². The summed E-state index contributed by atoms with van der Waals surface area (Å²) in [7, 11) is 0. The maximum Gasteiger partial charge on any atom is 0.419 e. The average molecular weight is 375 g/mol. The predicted molar refractivity (Wildman–Crippen MR) is 96.0 cm³/mol. The van der Waals surface area contributed by atoms with Crippen molar-refractivity contribution in [1.29, 1.82) is 0 Å². The first-order valence-corrected chi connectivity index (χ1v) is 8.53. The maximum atomic E-state index is 13.2. The first-order valence-electron chi connectivity index (χ1n) is 8.53. The lowest BCUT2D eigenvalue weighted by atomic mass is 10.1. The summed E-state index contributed by atoms with van der Waals surface area (Å²) in [4.78, 5) is 17.7. The highest BCUT2D eigenvalue weighted by Crippen LogP contribution is 2.29. The number of allylic oxidation sites excluding steroid dienone is 2. The van der Waals surface area contributed by atoms with Gasteiger partial charge in [0.2, 0.25) is 0 Å². The Hall–Kier alpha value is -1.99. The number of aliphatic imine (C=N–C) groups is 1. The van der Waals surface area contributed by atoms with Crippen molar-refractivity contribution in [3.8, 4) is 0 Å². The second-order valence-corrected chi connectivity index (χ2v) is 7.43. The molecule has 0 aliphatic carbocycles. The monoisotopic (exact) mass is 375 g/mol. The number of carbonyl (C=O) groups is 1. The first-order chi connectivity index (χ1) is 11.8. The molecule has 1 atom stereocenters. The van der Waals surface area contributed by atoms with E-state index in [0.717, 1.165) is 6.08 Å². The molecule has 0 aromatic rings. The zero-order valence-corrected chi connectivity index (χ0v) is 16.0. The van der Waals surface area contributed by atoms with Crippen LogP contribution in [0.25, 0.3) is 0 Å². The van der Waals surface area contributed by atoms with Gasteiger partial charge in [-0.2, -0.15) is 13.2 Å². The van der Waals surface area contributed by atoms with Crippen LogP contribution in [0.1, 0.15) is 47.5 Å². The molecule has 1 fully saturated rings. The molecule has 0 saturated carbocycles. The molecule has 0 aromatic carbocycles. The van der Waals surface area contributed by atoms with Crippen molar-refractivity contribution in [2.24, 2.45) is 4.99 Å². The Labute approximate surface area is 153 Å². The molecule has 1 N–H and O–H groups in total. The molecule has 1 heterocycles. The number of nitrogens with one attached hydrogen (secondary N) is 1. The summed E-state index contributed by atoms with van der Waals surface area (Å²) in [6, 6.07) is -0.355. The summed E-state index contributed by atoms with van der Waals surface area (Å²) in [6.07, 6.45) is -2.99. The minimum Gasteiger partial charge on any atom is -0.444 e. The Morgan fingerprint density at radius 2 is 1.92 bits per heavy atom. The van der Waals surface area contributed by atoms with Crippen LogP contribution in [0.3, 0.4) is 0 Å². The number of alkyl halides is 3. The fraction of sp³-hybridized carbons (Fsp3) is 0.667. The zero-order valence-electron chi connectivity index (χ0n) is 16.0. The van der Waals surface area contributed by atoms with Crippen molar-refractivity contribution >= 4 is 11.8 Å². The quantitative estimate of drug-likeness (QED) is 0.585. The number of nitrogens with zero attached hydrogens (tertiary/aromatic N) is 2. The molecule has 0 radical (unpaired) electrons. The van der Waals surface area contributed by atoms with E-state index in [1.165, 1.54) is 4.90 Å². The van der Waals surface area contributed by atoms with Crippen LogP contribution in [0.2, 0.25) is 0 Å². The number of hydrogen-bond donors (Lipinski definition) is 1. The lowest BCUT2D eigenvalue weighted by molar-refractivity contribution is -0.0894. The number of piperidine rings is 1. The van der Waals surface area contributed by atoms with Crippen LogP contribution >= 0.6 is 0 Å². The van der Waals surface area contributed by atoms with Crippen LogP contribution in [-0.2, 0) is 4.74 Å². The van der Waals surface area contributed by atoms with Gasteiger partial charge in [-0.1, -0.05) is 12.7 Å². The van der Waals surface area contributed by atoms with Gasteiger partial charge in [0.05, 0.1) is 5.57 Å². The summed E-state index contributed by atoms with van der Waals surface area (Å²) >= 11 is 0. The molecule has 1 unspecified atom stereocenters. The van der Waals surface area contributed by atoms with Gasteiger partial charge in [0.25, 0.3) is 0 Å². The molecule has 0 bridgehead atoms. The van der Waals surface area contributed by atoms with Crippen LogP contribution in [0.4, 0.5) is 18.0 Å². The predicted octanol–water partition coefficient (Wildman–Crippen LogP) is 4.42. The standard InChI is InChI=1S/C18H28F3N3O2/c1-7-14(18(19,20)21)15(22-12(2)3)23-13-9-8-10-24(11-13)16(25)26-17(4,5)6/h7,13,23H,1,8-11H2,2-6H3/b15-14-. The van der Waals surface area contributed by atoms with Crippen molar-refractivity contribution in [3.05, 3.63) is 24.0 Å². The third-order valence-electron chi connectivity index (χ3n) is 3.51. The van der Waals surface area contributed by atoms with Gasteiger partial charge < -0.3 is 15.0 Å². The summed E-state index contributed by atoms with van der Waals surface area (Å²) in [5.41, 5.74) is -1.07. The summed E-state index contributed by atoms with van der Waals surface area (Å²) in [6.45, 7) is 12.6. The van der Waals surface area contributed by atoms with Crippen molar-refractivity contribution in [2.75, 3.05) is 13.1 Å². The molecular weight excluding hydrogens is 347 g/mol. The van der Waals surface area contributed by atoms with Gasteiger partial charge in [0.1, 0.15) is 11.4 Å². The molecule has 148 valence electrons. The fourth-order valence-corrected chi connectivity index (χ4v) is 2.52. The van der Waals surface area contributed by atoms with Gasteiger partial charge >= 0.3 is 12.3 Å². The van der Waals surface area contributed by atoms with Gasteiger partial charge in [-0.25, -0.2) is 9.79 Å². The number of ether oxygens (including phenoxy) is 1. The topological polar surface area (TPSA) is 53.9 Å². The van der Waals surface area contributed by atoms with E-state index < -0.39 is 23.4 Å². The van der Waals surface area contributed by atoms with Crippen LogP contribution in [0.15, 0.2) is 29.0 Å². The number of carbonyl (C=O) groups excluding carboxylic acids is 1. The molecule has 1 saturated heterocycles. The van der Waals surface area contributed by atoms with E-state index in [0.29, 0.717) is 25.1 Å². The van der Waals surface area contributed by atoms with Gasteiger partial charge in [-0.3, -0.25) is 0 Å². The van der Waals surface area contributed by atoms with Crippen molar-refractivity contribution in [3.63, 3.8) is 0 Å². The molecule has 8 heteroatoms. The molecule has 0 aromatic heterocycles.